The summed E-state index contributed by atoms with van der Waals surface area (Å²) in [6.07, 6.45) is 1.96. The maximum atomic E-state index is 13.5. The second-order valence-corrected chi connectivity index (χ2v) is 4.97. The average molecular weight is 298 g/mol. The highest BCUT2D eigenvalue weighted by molar-refractivity contribution is 5.90. The lowest BCUT2D eigenvalue weighted by molar-refractivity contribution is -0.138. The quantitative estimate of drug-likeness (QED) is 0.901. The molecule has 1 aliphatic heterocycles. The molecule has 1 unspecified atom stereocenters. The van der Waals surface area contributed by atoms with E-state index in [0.717, 1.165) is 25.0 Å². The summed E-state index contributed by atoms with van der Waals surface area (Å²) in [5.41, 5.74) is -0.512. The van der Waals surface area contributed by atoms with Gasteiger partial charge in [0.15, 0.2) is 0 Å². The van der Waals surface area contributed by atoms with E-state index in [9.17, 15) is 18.4 Å². The Morgan fingerprint density at radius 3 is 2.57 bits per heavy atom. The number of para-hydroxylation sites is 1. The van der Waals surface area contributed by atoms with E-state index in [1.54, 1.807) is 0 Å². The largest absolute Gasteiger partial charge is 0.481 e. The highest BCUT2D eigenvalue weighted by atomic mass is 19.1. The second kappa shape index (κ2) is 6.51. The Balaban J connectivity index is 2.12. The van der Waals surface area contributed by atoms with Crippen LogP contribution in [-0.2, 0) is 4.79 Å². The highest BCUT2D eigenvalue weighted by Crippen LogP contribution is 2.23. The van der Waals surface area contributed by atoms with E-state index in [1.165, 1.54) is 11.0 Å². The van der Waals surface area contributed by atoms with Gasteiger partial charge in [-0.05, 0) is 31.4 Å². The van der Waals surface area contributed by atoms with E-state index in [4.69, 9.17) is 5.11 Å². The average Bonchev–Trinajstić information content (AvgIpc) is 2.43. The third kappa shape index (κ3) is 3.68. The molecule has 1 atom stereocenters. The molecule has 5 nitrogen and oxygen atoms in total. The summed E-state index contributed by atoms with van der Waals surface area (Å²) >= 11 is 0. The Morgan fingerprint density at radius 2 is 1.95 bits per heavy atom. The van der Waals surface area contributed by atoms with E-state index in [1.807, 2.05) is 0 Å². The summed E-state index contributed by atoms with van der Waals surface area (Å²) in [7, 11) is 0. The Kier molecular flexibility index (Phi) is 4.72. The van der Waals surface area contributed by atoms with Gasteiger partial charge < -0.3 is 15.3 Å². The fourth-order valence-corrected chi connectivity index (χ4v) is 2.48. The van der Waals surface area contributed by atoms with Gasteiger partial charge in [-0.2, -0.15) is 0 Å². The summed E-state index contributed by atoms with van der Waals surface area (Å²) in [5.74, 6) is -2.73. The van der Waals surface area contributed by atoms with Crippen molar-refractivity contribution in [1.29, 1.82) is 0 Å². The van der Waals surface area contributed by atoms with Crippen LogP contribution in [-0.4, -0.2) is 34.6 Å². The third-order valence-corrected chi connectivity index (χ3v) is 3.49. The molecule has 7 heteroatoms. The molecule has 114 valence electrons. The first-order valence-electron chi connectivity index (χ1n) is 6.72. The molecule has 1 aromatic rings. The minimum atomic E-state index is -1.00. The van der Waals surface area contributed by atoms with E-state index >= 15 is 0 Å². The normalized spacial score (nSPS) is 18.4. The molecule has 1 heterocycles. The summed E-state index contributed by atoms with van der Waals surface area (Å²) in [6.45, 7) is 0.375. The Bertz CT molecular complexity index is 531. The van der Waals surface area contributed by atoms with Crippen LogP contribution in [0.3, 0.4) is 0 Å². The zero-order valence-corrected chi connectivity index (χ0v) is 11.3. The van der Waals surface area contributed by atoms with Gasteiger partial charge in [-0.25, -0.2) is 13.6 Å². The summed E-state index contributed by atoms with van der Waals surface area (Å²) in [5, 5.41) is 11.1. The van der Waals surface area contributed by atoms with Gasteiger partial charge in [-0.1, -0.05) is 6.07 Å². The van der Waals surface area contributed by atoms with E-state index in [-0.39, 0.29) is 6.42 Å². The summed E-state index contributed by atoms with van der Waals surface area (Å²) in [6, 6.07) is 2.16. The number of rotatable bonds is 3. The number of amides is 2. The Labute approximate surface area is 120 Å². The molecule has 0 spiro atoms. The SMILES string of the molecule is O=C(O)CC1CCCCN1C(=O)Nc1c(F)cccc1F. The van der Waals surface area contributed by atoms with Crippen LogP contribution in [0, 0.1) is 11.6 Å². The summed E-state index contributed by atoms with van der Waals surface area (Å²) < 4.78 is 27.0. The molecule has 2 rings (SSSR count). The van der Waals surface area contributed by atoms with Gasteiger partial charge in [-0.3, -0.25) is 4.79 Å². The first kappa shape index (κ1) is 15.2. The number of carboxylic acid groups (broad SMARTS) is 1. The Morgan fingerprint density at radius 1 is 1.29 bits per heavy atom. The maximum Gasteiger partial charge on any atom is 0.322 e. The van der Waals surface area contributed by atoms with Crippen molar-refractivity contribution in [3.05, 3.63) is 29.8 Å². The van der Waals surface area contributed by atoms with Gasteiger partial charge >= 0.3 is 12.0 Å². The minimum absolute atomic E-state index is 0.173. The molecule has 0 aromatic heterocycles. The number of hydrogen-bond donors (Lipinski definition) is 2. The van der Waals surface area contributed by atoms with Crippen LogP contribution >= 0.6 is 0 Å². The van der Waals surface area contributed by atoms with Crippen LogP contribution < -0.4 is 5.32 Å². The first-order valence-corrected chi connectivity index (χ1v) is 6.72. The molecule has 0 bridgehead atoms. The van der Waals surface area contributed by atoms with Crippen molar-refractivity contribution in [2.75, 3.05) is 11.9 Å². The second-order valence-electron chi connectivity index (χ2n) is 4.97. The van der Waals surface area contributed by atoms with Crippen LogP contribution in [0.15, 0.2) is 18.2 Å². The third-order valence-electron chi connectivity index (χ3n) is 3.49. The molecular formula is C14H16F2N2O3. The molecule has 21 heavy (non-hydrogen) atoms. The van der Waals surface area contributed by atoms with Crippen molar-refractivity contribution in [2.24, 2.45) is 0 Å². The van der Waals surface area contributed by atoms with Crippen LogP contribution in [0.4, 0.5) is 19.3 Å². The fourth-order valence-electron chi connectivity index (χ4n) is 2.48. The number of likely N-dealkylation sites (tertiary alicyclic amines) is 1. The number of nitrogens with one attached hydrogen (secondary N) is 1. The maximum absolute atomic E-state index is 13.5. The van der Waals surface area contributed by atoms with E-state index in [0.29, 0.717) is 13.0 Å². The molecular weight excluding hydrogens is 282 g/mol. The topological polar surface area (TPSA) is 69.6 Å². The van der Waals surface area contributed by atoms with Gasteiger partial charge in [0, 0.05) is 12.6 Å². The molecule has 1 saturated heterocycles. The fraction of sp³-hybridized carbons (Fsp3) is 0.429. The number of urea groups is 1. The first-order chi connectivity index (χ1) is 9.99. The molecule has 1 aromatic carbocycles. The predicted octanol–water partition coefficient (Wildman–Crippen LogP) is 2.83. The predicted molar refractivity (Wildman–Crippen MR) is 72.0 cm³/mol. The van der Waals surface area contributed by atoms with Gasteiger partial charge in [-0.15, -0.1) is 0 Å². The number of hydrogen-bond acceptors (Lipinski definition) is 2. The van der Waals surface area contributed by atoms with Crippen LogP contribution in [0.25, 0.3) is 0 Å². The lowest BCUT2D eigenvalue weighted by atomic mass is 10.00. The zero-order valence-electron chi connectivity index (χ0n) is 11.3. The number of anilines is 1. The summed E-state index contributed by atoms with van der Waals surface area (Å²) in [4.78, 5) is 24.3. The van der Waals surface area contributed by atoms with Gasteiger partial charge in [0.25, 0.3) is 0 Å². The highest BCUT2D eigenvalue weighted by Gasteiger charge is 2.29. The van der Waals surface area contributed by atoms with Crippen molar-refractivity contribution in [3.63, 3.8) is 0 Å². The van der Waals surface area contributed by atoms with Crippen molar-refractivity contribution < 1.29 is 23.5 Å². The number of nitrogens with zero attached hydrogens (tertiary/aromatic N) is 1. The van der Waals surface area contributed by atoms with Crippen molar-refractivity contribution in [3.8, 4) is 0 Å². The van der Waals surface area contributed by atoms with Crippen molar-refractivity contribution >= 4 is 17.7 Å². The number of piperidine rings is 1. The van der Waals surface area contributed by atoms with Crippen molar-refractivity contribution in [1.82, 2.24) is 4.90 Å². The molecule has 1 fully saturated rings. The molecule has 2 N–H and O–H groups in total. The van der Waals surface area contributed by atoms with Gasteiger partial charge in [0.2, 0.25) is 0 Å². The lowest BCUT2D eigenvalue weighted by Crippen LogP contribution is -2.47. The Hall–Kier alpha value is -2.18. The number of carbonyl (C=O) groups is 2. The van der Waals surface area contributed by atoms with Gasteiger partial charge in [0.1, 0.15) is 17.3 Å². The molecule has 1 aliphatic rings. The van der Waals surface area contributed by atoms with Crippen LogP contribution in [0.5, 0.6) is 0 Å². The smallest absolute Gasteiger partial charge is 0.322 e. The number of aliphatic carboxylic acids is 1. The minimum Gasteiger partial charge on any atom is -0.481 e. The van der Waals surface area contributed by atoms with E-state index < -0.39 is 35.4 Å². The molecule has 0 radical (unpaired) electrons. The van der Waals surface area contributed by atoms with E-state index in [2.05, 4.69) is 5.32 Å². The standard InChI is InChI=1S/C14H16F2N2O3/c15-10-5-3-6-11(16)13(10)17-14(21)18-7-2-1-4-9(18)8-12(19)20/h3,5-6,9H,1-2,4,7-8H2,(H,17,21)(H,19,20). The molecule has 2 amide bonds. The lowest BCUT2D eigenvalue weighted by Gasteiger charge is -2.34. The zero-order chi connectivity index (χ0) is 15.4. The molecule has 0 saturated carbocycles. The number of halogens is 2. The number of carboxylic acids is 1. The van der Waals surface area contributed by atoms with Gasteiger partial charge in [0.05, 0.1) is 6.42 Å². The van der Waals surface area contributed by atoms with Crippen LogP contribution in [0.2, 0.25) is 0 Å². The number of benzene rings is 1. The monoisotopic (exact) mass is 298 g/mol. The number of carbonyl (C=O) groups excluding carboxylic acids is 1. The molecule has 0 aliphatic carbocycles. The van der Waals surface area contributed by atoms with Crippen LogP contribution in [0.1, 0.15) is 25.7 Å². The van der Waals surface area contributed by atoms with Crippen molar-refractivity contribution in [2.45, 2.75) is 31.7 Å².